The predicted octanol–water partition coefficient (Wildman–Crippen LogP) is 4.05. The molecule has 2 amide bonds. The first kappa shape index (κ1) is 21.0. The average molecular weight is 404 g/mol. The van der Waals surface area contributed by atoms with Crippen LogP contribution in [0.4, 0.5) is 10.5 Å². The molecule has 0 aliphatic rings. The third-order valence-electron chi connectivity index (χ3n) is 4.72. The maximum Gasteiger partial charge on any atom is 0.335 e. The van der Waals surface area contributed by atoms with Crippen LogP contribution in [0.3, 0.4) is 0 Å². The van der Waals surface area contributed by atoms with Crippen LogP contribution < -0.4 is 15.5 Å². The van der Waals surface area contributed by atoms with Gasteiger partial charge in [-0.3, -0.25) is 9.80 Å². The van der Waals surface area contributed by atoms with Crippen LogP contribution in [-0.4, -0.2) is 36.4 Å². The number of amides is 2. The maximum absolute atomic E-state index is 12.2. The molecular formula is C23H24N4O3. The lowest BCUT2D eigenvalue weighted by Gasteiger charge is -2.19. The van der Waals surface area contributed by atoms with Crippen molar-refractivity contribution >= 4 is 18.0 Å². The highest BCUT2D eigenvalue weighted by Crippen LogP contribution is 2.24. The van der Waals surface area contributed by atoms with E-state index in [0.29, 0.717) is 17.1 Å². The first-order valence-electron chi connectivity index (χ1n) is 9.48. The van der Waals surface area contributed by atoms with E-state index in [1.54, 1.807) is 32.3 Å². The number of hydrogen-bond acceptors (Lipinski definition) is 5. The van der Waals surface area contributed by atoms with E-state index in [-0.39, 0.29) is 12.6 Å². The van der Waals surface area contributed by atoms with Gasteiger partial charge in [-0.05, 0) is 24.6 Å². The number of aryl methyl sites for hydroxylation is 1. The molecule has 1 aromatic heterocycles. The molecule has 0 saturated heterocycles. The Bertz CT molecular complexity index is 1030. The van der Waals surface area contributed by atoms with E-state index in [1.165, 1.54) is 5.01 Å². The molecule has 0 saturated carbocycles. The summed E-state index contributed by atoms with van der Waals surface area (Å²) in [5.74, 6) is 0.472. The molecule has 0 unspecified atom stereocenters. The minimum absolute atomic E-state index is 0.256. The summed E-state index contributed by atoms with van der Waals surface area (Å²) in [6.45, 7) is 2.22. The highest BCUT2D eigenvalue weighted by atomic mass is 16.5. The summed E-state index contributed by atoms with van der Waals surface area (Å²) in [5, 5.41) is 4.24. The van der Waals surface area contributed by atoms with Gasteiger partial charge in [-0.25, -0.2) is 15.2 Å². The van der Waals surface area contributed by atoms with E-state index in [2.05, 4.69) is 15.7 Å². The van der Waals surface area contributed by atoms with Crippen LogP contribution in [0.2, 0.25) is 0 Å². The van der Waals surface area contributed by atoms with Crippen LogP contribution in [0.15, 0.2) is 60.7 Å². The number of hydrogen-bond donors (Lipinski definition) is 2. The molecule has 3 aromatic rings. The topological polar surface area (TPSA) is 83.6 Å². The first-order valence-corrected chi connectivity index (χ1v) is 9.48. The van der Waals surface area contributed by atoms with Gasteiger partial charge in [0.15, 0.2) is 0 Å². The lowest BCUT2D eigenvalue weighted by Crippen LogP contribution is -2.40. The Kier molecular flexibility index (Phi) is 6.77. The monoisotopic (exact) mass is 404 g/mol. The molecule has 0 fully saturated rings. The normalized spacial score (nSPS) is 10.4. The van der Waals surface area contributed by atoms with Gasteiger partial charge in [0.05, 0.1) is 5.69 Å². The third-order valence-corrected chi connectivity index (χ3v) is 4.72. The number of nitrogens with zero attached hydrogens (tertiary/aromatic N) is 2. The largest absolute Gasteiger partial charge is 0.473 e. The number of ether oxygens (including phenoxy) is 1. The standard InChI is InChI=1S/C23H24N4O3/c1-16-6-4-8-21(26-23(29)27(3)24-2)19(16)15-30-22-9-5-7-20(25-22)18-12-10-17(14-28)11-13-18/h4-14,24H,15H2,1-3H3,(H,26,29). The lowest BCUT2D eigenvalue weighted by molar-refractivity contribution is 0.112. The Balaban J connectivity index is 1.77. The SMILES string of the molecule is CNN(C)C(=O)Nc1cccc(C)c1COc1cccc(-c2ccc(C=O)cc2)n1. The van der Waals surface area contributed by atoms with Crippen LogP contribution in [-0.2, 0) is 6.61 Å². The van der Waals surface area contributed by atoms with Gasteiger partial charge in [0.25, 0.3) is 0 Å². The van der Waals surface area contributed by atoms with Gasteiger partial charge in [-0.15, -0.1) is 0 Å². The van der Waals surface area contributed by atoms with E-state index in [9.17, 15) is 9.59 Å². The minimum atomic E-state index is -0.275. The Morgan fingerprint density at radius 2 is 1.83 bits per heavy atom. The zero-order valence-electron chi connectivity index (χ0n) is 17.2. The van der Waals surface area contributed by atoms with Crippen molar-refractivity contribution in [2.45, 2.75) is 13.5 Å². The minimum Gasteiger partial charge on any atom is -0.473 e. The molecule has 0 aliphatic heterocycles. The molecule has 7 heteroatoms. The summed E-state index contributed by atoms with van der Waals surface area (Å²) in [5.41, 5.74) is 7.58. The molecular weight excluding hydrogens is 380 g/mol. The van der Waals surface area contributed by atoms with E-state index in [4.69, 9.17) is 4.74 Å². The fourth-order valence-corrected chi connectivity index (χ4v) is 2.85. The van der Waals surface area contributed by atoms with Crippen LogP contribution in [0.5, 0.6) is 5.88 Å². The molecule has 7 nitrogen and oxygen atoms in total. The van der Waals surface area contributed by atoms with Crippen molar-refractivity contribution in [1.29, 1.82) is 0 Å². The lowest BCUT2D eigenvalue weighted by atomic mass is 10.1. The van der Waals surface area contributed by atoms with Crippen molar-refractivity contribution < 1.29 is 14.3 Å². The fraction of sp³-hybridized carbons (Fsp3) is 0.174. The van der Waals surface area contributed by atoms with Gasteiger partial charge >= 0.3 is 6.03 Å². The number of nitrogens with one attached hydrogen (secondary N) is 2. The number of anilines is 1. The van der Waals surface area contributed by atoms with Gasteiger partial charge in [-0.2, -0.15) is 0 Å². The highest BCUT2D eigenvalue weighted by molar-refractivity contribution is 5.89. The molecule has 0 atom stereocenters. The number of aldehydes is 1. The van der Waals surface area contributed by atoms with E-state index < -0.39 is 0 Å². The van der Waals surface area contributed by atoms with Crippen LogP contribution in [0, 0.1) is 6.92 Å². The Morgan fingerprint density at radius 3 is 2.53 bits per heavy atom. The number of urea groups is 1. The smallest absolute Gasteiger partial charge is 0.335 e. The van der Waals surface area contributed by atoms with E-state index in [0.717, 1.165) is 28.7 Å². The van der Waals surface area contributed by atoms with Crippen LogP contribution >= 0.6 is 0 Å². The predicted molar refractivity (Wildman–Crippen MR) is 116 cm³/mol. The van der Waals surface area contributed by atoms with Gasteiger partial charge in [0.2, 0.25) is 5.88 Å². The zero-order chi connectivity index (χ0) is 21.5. The second kappa shape index (κ2) is 9.67. The van der Waals surface area contributed by atoms with Gasteiger partial charge in [-0.1, -0.05) is 42.5 Å². The van der Waals surface area contributed by atoms with E-state index >= 15 is 0 Å². The van der Waals surface area contributed by atoms with Crippen molar-refractivity contribution in [3.63, 3.8) is 0 Å². The second-order valence-corrected chi connectivity index (χ2v) is 6.70. The maximum atomic E-state index is 12.2. The first-order chi connectivity index (χ1) is 14.5. The van der Waals surface area contributed by atoms with E-state index in [1.807, 2.05) is 49.4 Å². The summed E-state index contributed by atoms with van der Waals surface area (Å²) in [7, 11) is 3.31. The number of aromatic nitrogens is 1. The summed E-state index contributed by atoms with van der Waals surface area (Å²) in [4.78, 5) is 27.6. The van der Waals surface area contributed by atoms with Crippen molar-refractivity contribution in [1.82, 2.24) is 15.4 Å². The molecule has 2 N–H and O–H groups in total. The number of hydrazine groups is 1. The van der Waals surface area contributed by atoms with Gasteiger partial charge in [0, 0.05) is 42.5 Å². The van der Waals surface area contributed by atoms with Crippen molar-refractivity contribution in [2.24, 2.45) is 0 Å². The molecule has 0 aliphatic carbocycles. The molecule has 0 bridgehead atoms. The quantitative estimate of drug-likeness (QED) is 0.459. The number of carbonyl (C=O) groups is 2. The average Bonchev–Trinajstić information content (AvgIpc) is 2.78. The van der Waals surface area contributed by atoms with Crippen molar-refractivity contribution in [3.05, 3.63) is 77.4 Å². The zero-order valence-corrected chi connectivity index (χ0v) is 17.2. The molecule has 30 heavy (non-hydrogen) atoms. The van der Waals surface area contributed by atoms with Crippen molar-refractivity contribution in [2.75, 3.05) is 19.4 Å². The van der Waals surface area contributed by atoms with Gasteiger partial charge < -0.3 is 10.1 Å². The summed E-state index contributed by atoms with van der Waals surface area (Å²) in [6.07, 6.45) is 0.809. The van der Waals surface area contributed by atoms with Gasteiger partial charge in [0.1, 0.15) is 12.9 Å². The number of rotatable bonds is 7. The summed E-state index contributed by atoms with van der Waals surface area (Å²) < 4.78 is 5.94. The Labute approximate surface area is 175 Å². The fourth-order valence-electron chi connectivity index (χ4n) is 2.85. The number of carbonyl (C=O) groups excluding carboxylic acids is 2. The highest BCUT2D eigenvalue weighted by Gasteiger charge is 2.13. The summed E-state index contributed by atoms with van der Waals surface area (Å²) in [6, 6.07) is 18.2. The third kappa shape index (κ3) is 5.01. The van der Waals surface area contributed by atoms with Crippen molar-refractivity contribution in [3.8, 4) is 17.1 Å². The molecule has 0 spiro atoms. The Morgan fingerprint density at radius 1 is 1.10 bits per heavy atom. The number of benzene rings is 2. The molecule has 2 aromatic carbocycles. The summed E-state index contributed by atoms with van der Waals surface area (Å²) >= 11 is 0. The molecule has 154 valence electrons. The molecule has 1 heterocycles. The molecule has 3 rings (SSSR count). The van der Waals surface area contributed by atoms with Crippen LogP contribution in [0.25, 0.3) is 11.3 Å². The number of pyridine rings is 1. The van der Waals surface area contributed by atoms with Crippen LogP contribution in [0.1, 0.15) is 21.5 Å². The second-order valence-electron chi connectivity index (χ2n) is 6.70. The molecule has 0 radical (unpaired) electrons. The Hall–Kier alpha value is -3.71.